The number of benzene rings is 2. The zero-order chi connectivity index (χ0) is 19.8. The highest BCUT2D eigenvalue weighted by atomic mass is 79.9. The van der Waals surface area contributed by atoms with Crippen molar-refractivity contribution in [1.82, 2.24) is 5.32 Å². The first-order chi connectivity index (χ1) is 13.0. The highest BCUT2D eigenvalue weighted by molar-refractivity contribution is 9.10. The molecule has 144 valence electrons. The van der Waals surface area contributed by atoms with Crippen LogP contribution in [0.2, 0.25) is 0 Å². The zero-order valence-electron chi connectivity index (χ0n) is 15.0. The molecule has 2 aromatic rings. The molecular weight excluding hydrogens is 418 g/mol. The van der Waals surface area contributed by atoms with Crippen molar-refractivity contribution in [2.24, 2.45) is 0 Å². The Bertz CT molecular complexity index is 820. The fourth-order valence-electron chi connectivity index (χ4n) is 2.34. The summed E-state index contributed by atoms with van der Waals surface area (Å²) in [5.74, 6) is -1.94. The summed E-state index contributed by atoms with van der Waals surface area (Å²) in [6, 6.07) is 9.77. The molecule has 0 unspecified atom stereocenters. The molecule has 0 heterocycles. The van der Waals surface area contributed by atoms with Crippen LogP contribution in [0.3, 0.4) is 0 Å². The van der Waals surface area contributed by atoms with E-state index in [-0.39, 0.29) is 19.8 Å². The molecule has 0 aromatic heterocycles. The Hall–Kier alpha value is -2.61. The number of hydrogen-bond acceptors (Lipinski definition) is 6. The molecule has 0 fully saturated rings. The third-order valence-electron chi connectivity index (χ3n) is 3.54. The van der Waals surface area contributed by atoms with Gasteiger partial charge in [0, 0.05) is 0 Å². The minimum absolute atomic E-state index is 0.0745. The summed E-state index contributed by atoms with van der Waals surface area (Å²) in [4.78, 5) is 35.9. The number of halogens is 1. The normalized spacial score (nSPS) is 10.5. The minimum atomic E-state index is -1.53. The van der Waals surface area contributed by atoms with E-state index in [4.69, 9.17) is 14.2 Å². The number of fused-ring (bicyclic) bond motifs is 1. The van der Waals surface area contributed by atoms with Crippen molar-refractivity contribution in [3.8, 4) is 5.75 Å². The lowest BCUT2D eigenvalue weighted by Crippen LogP contribution is -2.49. The van der Waals surface area contributed by atoms with Crippen molar-refractivity contribution in [1.29, 1.82) is 0 Å². The molecular formula is C19H20BrNO6. The molecule has 0 saturated carbocycles. The van der Waals surface area contributed by atoms with E-state index < -0.39 is 23.9 Å². The monoisotopic (exact) mass is 437 g/mol. The smallest absolute Gasteiger partial charge is 0.340 e. The number of carbonyl (C=O) groups excluding carboxylic acids is 3. The molecule has 0 aliphatic carbocycles. The molecule has 0 spiro atoms. The maximum absolute atomic E-state index is 12.2. The lowest BCUT2D eigenvalue weighted by Gasteiger charge is -2.16. The van der Waals surface area contributed by atoms with Crippen LogP contribution < -0.4 is 10.1 Å². The molecule has 0 aliphatic heterocycles. The van der Waals surface area contributed by atoms with Gasteiger partial charge >= 0.3 is 11.9 Å². The molecule has 2 rings (SSSR count). The highest BCUT2D eigenvalue weighted by Crippen LogP contribution is 2.32. The SMILES string of the molecule is CCOC(=O)C(NC(=O)COc1ccc2ccccc2c1Br)C(=O)OCC. The van der Waals surface area contributed by atoms with Gasteiger partial charge in [-0.2, -0.15) is 0 Å². The van der Waals surface area contributed by atoms with E-state index in [1.165, 1.54) is 0 Å². The van der Waals surface area contributed by atoms with Crippen LogP contribution >= 0.6 is 15.9 Å². The summed E-state index contributed by atoms with van der Waals surface area (Å²) in [6.45, 7) is 2.97. The van der Waals surface area contributed by atoms with Crippen molar-refractivity contribution in [3.05, 3.63) is 40.9 Å². The average Bonchev–Trinajstić information content (AvgIpc) is 2.66. The van der Waals surface area contributed by atoms with Gasteiger partial charge in [-0.1, -0.05) is 30.3 Å². The summed E-state index contributed by atoms with van der Waals surface area (Å²) in [6.07, 6.45) is 0. The maximum atomic E-state index is 12.2. The second-order valence-electron chi connectivity index (χ2n) is 5.39. The van der Waals surface area contributed by atoms with Gasteiger partial charge in [-0.05, 0) is 46.6 Å². The van der Waals surface area contributed by atoms with Gasteiger partial charge in [-0.3, -0.25) is 4.79 Å². The first kappa shape index (κ1) is 20.7. The first-order valence-electron chi connectivity index (χ1n) is 8.40. The fourth-order valence-corrected chi connectivity index (χ4v) is 2.94. The molecule has 1 amide bonds. The van der Waals surface area contributed by atoms with Gasteiger partial charge in [-0.25, -0.2) is 9.59 Å². The summed E-state index contributed by atoms with van der Waals surface area (Å²) >= 11 is 3.47. The average molecular weight is 438 g/mol. The molecule has 8 heteroatoms. The zero-order valence-corrected chi connectivity index (χ0v) is 16.6. The van der Waals surface area contributed by atoms with Crippen molar-refractivity contribution in [2.75, 3.05) is 19.8 Å². The molecule has 0 saturated heterocycles. The lowest BCUT2D eigenvalue weighted by atomic mass is 10.1. The van der Waals surface area contributed by atoms with E-state index in [1.54, 1.807) is 19.9 Å². The molecule has 27 heavy (non-hydrogen) atoms. The summed E-state index contributed by atoms with van der Waals surface area (Å²) in [5, 5.41) is 4.24. The van der Waals surface area contributed by atoms with Gasteiger partial charge < -0.3 is 19.5 Å². The van der Waals surface area contributed by atoms with Crippen LogP contribution in [-0.4, -0.2) is 43.7 Å². The van der Waals surface area contributed by atoms with Crippen LogP contribution in [0, 0.1) is 0 Å². The van der Waals surface area contributed by atoms with Crippen LogP contribution in [0.25, 0.3) is 10.8 Å². The molecule has 7 nitrogen and oxygen atoms in total. The number of rotatable bonds is 8. The van der Waals surface area contributed by atoms with Crippen LogP contribution in [0.1, 0.15) is 13.8 Å². The van der Waals surface area contributed by atoms with Crippen LogP contribution in [-0.2, 0) is 23.9 Å². The molecule has 0 bridgehead atoms. The van der Waals surface area contributed by atoms with Gasteiger partial charge in [0.1, 0.15) is 5.75 Å². The van der Waals surface area contributed by atoms with E-state index in [2.05, 4.69) is 21.2 Å². The van der Waals surface area contributed by atoms with E-state index in [0.717, 1.165) is 10.8 Å². The van der Waals surface area contributed by atoms with Crippen molar-refractivity contribution in [3.63, 3.8) is 0 Å². The third kappa shape index (κ3) is 5.43. The second kappa shape index (κ2) is 9.91. The number of ether oxygens (including phenoxy) is 3. The van der Waals surface area contributed by atoms with Gasteiger partial charge in [0.05, 0.1) is 17.7 Å². The lowest BCUT2D eigenvalue weighted by molar-refractivity contribution is -0.159. The van der Waals surface area contributed by atoms with Crippen LogP contribution in [0.15, 0.2) is 40.9 Å². The van der Waals surface area contributed by atoms with Gasteiger partial charge in [-0.15, -0.1) is 0 Å². The maximum Gasteiger partial charge on any atom is 0.340 e. The quantitative estimate of drug-likeness (QED) is 0.504. The van der Waals surface area contributed by atoms with E-state index in [1.807, 2.05) is 30.3 Å². The number of esters is 2. The second-order valence-corrected chi connectivity index (χ2v) is 6.19. The van der Waals surface area contributed by atoms with E-state index in [0.29, 0.717) is 10.2 Å². The minimum Gasteiger partial charge on any atom is -0.483 e. The van der Waals surface area contributed by atoms with Crippen molar-refractivity contribution < 1.29 is 28.6 Å². The number of amides is 1. The Kier molecular flexibility index (Phi) is 7.60. The molecule has 0 radical (unpaired) electrons. The molecule has 1 N–H and O–H groups in total. The predicted octanol–water partition coefficient (Wildman–Crippen LogP) is 2.59. The van der Waals surface area contributed by atoms with Crippen molar-refractivity contribution >= 4 is 44.5 Å². The van der Waals surface area contributed by atoms with Crippen molar-refractivity contribution in [2.45, 2.75) is 19.9 Å². The van der Waals surface area contributed by atoms with E-state index in [9.17, 15) is 14.4 Å². The Morgan fingerprint density at radius 3 is 2.26 bits per heavy atom. The molecule has 0 atom stereocenters. The topological polar surface area (TPSA) is 90.9 Å². The molecule has 0 aliphatic rings. The Morgan fingerprint density at radius 2 is 1.63 bits per heavy atom. The van der Waals surface area contributed by atoms with E-state index >= 15 is 0 Å². The van der Waals surface area contributed by atoms with Gasteiger partial charge in [0.15, 0.2) is 6.61 Å². The van der Waals surface area contributed by atoms with Gasteiger partial charge in [0.25, 0.3) is 5.91 Å². The summed E-state index contributed by atoms with van der Waals surface area (Å²) in [5.41, 5.74) is 0. The number of carbonyl (C=O) groups is 3. The molecule has 2 aromatic carbocycles. The summed E-state index contributed by atoms with van der Waals surface area (Å²) in [7, 11) is 0. The standard InChI is InChI=1S/C19H20BrNO6/c1-3-25-18(23)17(19(24)26-4-2)21-15(22)11-27-14-10-9-12-7-5-6-8-13(12)16(14)20/h5-10,17H,3-4,11H2,1-2H3,(H,21,22). The largest absolute Gasteiger partial charge is 0.483 e. The fraction of sp³-hybridized carbons (Fsp3) is 0.316. The highest BCUT2D eigenvalue weighted by Gasteiger charge is 2.31. The van der Waals surface area contributed by atoms with Gasteiger partial charge in [0.2, 0.25) is 6.04 Å². The number of nitrogens with one attached hydrogen (secondary N) is 1. The summed E-state index contributed by atoms with van der Waals surface area (Å²) < 4.78 is 15.8. The predicted molar refractivity (Wildman–Crippen MR) is 102 cm³/mol. The first-order valence-corrected chi connectivity index (χ1v) is 9.19. The Morgan fingerprint density at radius 1 is 1.00 bits per heavy atom. The third-order valence-corrected chi connectivity index (χ3v) is 4.35. The number of hydrogen-bond donors (Lipinski definition) is 1. The Balaban J connectivity index is 2.04. The Labute approximate surface area is 165 Å². The van der Waals surface area contributed by atoms with Crippen LogP contribution in [0.5, 0.6) is 5.75 Å². The van der Waals surface area contributed by atoms with Crippen LogP contribution in [0.4, 0.5) is 0 Å².